The molecule has 0 bridgehead atoms. The third-order valence-electron chi connectivity index (χ3n) is 3.65. The Balaban J connectivity index is 1.79. The van der Waals surface area contributed by atoms with Gasteiger partial charge in [0.1, 0.15) is 11.8 Å². The highest BCUT2D eigenvalue weighted by molar-refractivity contribution is 5.87. The van der Waals surface area contributed by atoms with E-state index in [9.17, 15) is 9.59 Å². The molecule has 0 unspecified atom stereocenters. The van der Waals surface area contributed by atoms with E-state index in [-0.39, 0.29) is 17.9 Å². The Morgan fingerprint density at radius 1 is 1.43 bits per heavy atom. The van der Waals surface area contributed by atoms with Crippen LogP contribution in [0.15, 0.2) is 24.3 Å². The number of methoxy groups -OCH3 is 1. The van der Waals surface area contributed by atoms with Gasteiger partial charge < -0.3 is 15.4 Å². The first kappa shape index (κ1) is 15.4. The van der Waals surface area contributed by atoms with Crippen molar-refractivity contribution in [1.29, 1.82) is 0 Å². The number of carbonyl (C=O) groups excluding carboxylic acids is 2. The van der Waals surface area contributed by atoms with E-state index in [0.717, 1.165) is 37.0 Å². The smallest absolute Gasteiger partial charge is 0.242 e. The zero-order valence-electron chi connectivity index (χ0n) is 12.4. The van der Waals surface area contributed by atoms with E-state index in [0.29, 0.717) is 13.0 Å². The second-order valence-corrected chi connectivity index (χ2v) is 5.26. The van der Waals surface area contributed by atoms with E-state index < -0.39 is 0 Å². The maximum atomic E-state index is 12.1. The molecule has 1 heterocycles. The number of hydrogen-bond acceptors (Lipinski definition) is 3. The summed E-state index contributed by atoms with van der Waals surface area (Å²) in [6.45, 7) is 0.554. The van der Waals surface area contributed by atoms with Gasteiger partial charge in [0.05, 0.1) is 7.11 Å². The van der Waals surface area contributed by atoms with Gasteiger partial charge in [-0.3, -0.25) is 9.59 Å². The fourth-order valence-electron chi connectivity index (χ4n) is 2.45. The molecule has 1 aromatic rings. The van der Waals surface area contributed by atoms with Crippen LogP contribution in [0.25, 0.3) is 0 Å². The average Bonchev–Trinajstić information content (AvgIpc) is 2.72. The number of nitrogens with one attached hydrogen (secondary N) is 2. The largest absolute Gasteiger partial charge is 0.497 e. The second kappa shape index (κ2) is 7.67. The monoisotopic (exact) mass is 290 g/mol. The van der Waals surface area contributed by atoms with Crippen molar-refractivity contribution < 1.29 is 14.3 Å². The van der Waals surface area contributed by atoms with Crippen molar-refractivity contribution in [2.24, 2.45) is 0 Å². The summed E-state index contributed by atoms with van der Waals surface area (Å²) in [5.74, 6) is 0.698. The van der Waals surface area contributed by atoms with E-state index in [1.807, 2.05) is 24.3 Å². The van der Waals surface area contributed by atoms with E-state index in [1.54, 1.807) is 7.11 Å². The van der Waals surface area contributed by atoms with Crippen LogP contribution in [0.1, 0.15) is 31.2 Å². The quantitative estimate of drug-likeness (QED) is 0.861. The summed E-state index contributed by atoms with van der Waals surface area (Å²) < 4.78 is 5.17. The Hall–Kier alpha value is -2.04. The van der Waals surface area contributed by atoms with Gasteiger partial charge >= 0.3 is 0 Å². The second-order valence-electron chi connectivity index (χ2n) is 5.26. The first-order chi connectivity index (χ1) is 10.2. The summed E-state index contributed by atoms with van der Waals surface area (Å²) in [7, 11) is 1.63. The standard InChI is InChI=1S/C16H22N2O3/c1-21-13-6-4-5-12(11-13)9-10-17-16(20)14-7-2-3-8-15(19)18-14/h4-6,11,14H,2-3,7-10H2,1H3,(H,17,20)(H,18,19)/t14-/m1/s1. The van der Waals surface area contributed by atoms with Crippen molar-refractivity contribution >= 4 is 11.8 Å². The lowest BCUT2D eigenvalue weighted by Crippen LogP contribution is -2.46. The number of rotatable bonds is 5. The summed E-state index contributed by atoms with van der Waals surface area (Å²) in [6.07, 6.45) is 3.75. The van der Waals surface area contributed by atoms with Gasteiger partial charge in [0.25, 0.3) is 0 Å². The minimum absolute atomic E-state index is 0.0274. The minimum atomic E-state index is -0.384. The van der Waals surface area contributed by atoms with Crippen LogP contribution in [0.3, 0.4) is 0 Å². The molecule has 2 rings (SSSR count). The van der Waals surface area contributed by atoms with Crippen LogP contribution in [0.2, 0.25) is 0 Å². The molecule has 0 saturated carbocycles. The van der Waals surface area contributed by atoms with Gasteiger partial charge in [-0.25, -0.2) is 0 Å². The SMILES string of the molecule is COc1cccc(CCNC(=O)[C@H]2CCCCC(=O)N2)c1. The van der Waals surface area contributed by atoms with Crippen LogP contribution in [0.4, 0.5) is 0 Å². The topological polar surface area (TPSA) is 67.4 Å². The van der Waals surface area contributed by atoms with Crippen molar-refractivity contribution in [3.05, 3.63) is 29.8 Å². The average molecular weight is 290 g/mol. The minimum Gasteiger partial charge on any atom is -0.497 e. The molecule has 5 heteroatoms. The van der Waals surface area contributed by atoms with Crippen LogP contribution in [-0.4, -0.2) is 31.5 Å². The fraction of sp³-hybridized carbons (Fsp3) is 0.500. The Labute approximate surface area is 125 Å². The Kier molecular flexibility index (Phi) is 5.60. The van der Waals surface area contributed by atoms with Gasteiger partial charge in [-0.2, -0.15) is 0 Å². The molecule has 0 aromatic heterocycles. The van der Waals surface area contributed by atoms with Gasteiger partial charge in [0, 0.05) is 13.0 Å². The number of hydrogen-bond donors (Lipinski definition) is 2. The predicted molar refractivity (Wildman–Crippen MR) is 80.1 cm³/mol. The molecular formula is C16H22N2O3. The van der Waals surface area contributed by atoms with E-state index in [4.69, 9.17) is 4.74 Å². The molecule has 2 N–H and O–H groups in total. The number of amides is 2. The highest BCUT2D eigenvalue weighted by Crippen LogP contribution is 2.13. The van der Waals surface area contributed by atoms with Gasteiger partial charge in [0.15, 0.2) is 0 Å². The summed E-state index contributed by atoms with van der Waals surface area (Å²) >= 11 is 0. The number of ether oxygens (including phenoxy) is 1. The van der Waals surface area contributed by atoms with E-state index >= 15 is 0 Å². The van der Waals surface area contributed by atoms with Gasteiger partial charge in [-0.15, -0.1) is 0 Å². The molecule has 1 fully saturated rings. The number of carbonyl (C=O) groups is 2. The fourth-order valence-corrected chi connectivity index (χ4v) is 2.45. The lowest BCUT2D eigenvalue weighted by molar-refractivity contribution is -0.128. The molecular weight excluding hydrogens is 268 g/mol. The first-order valence-corrected chi connectivity index (χ1v) is 7.39. The molecule has 5 nitrogen and oxygen atoms in total. The molecule has 1 atom stereocenters. The lowest BCUT2D eigenvalue weighted by atomic mass is 10.1. The summed E-state index contributed by atoms with van der Waals surface area (Å²) in [4.78, 5) is 23.5. The van der Waals surface area contributed by atoms with Crippen molar-refractivity contribution in [3.63, 3.8) is 0 Å². The van der Waals surface area contributed by atoms with E-state index in [1.165, 1.54) is 0 Å². The maximum Gasteiger partial charge on any atom is 0.242 e. The lowest BCUT2D eigenvalue weighted by Gasteiger charge is -2.15. The first-order valence-electron chi connectivity index (χ1n) is 7.39. The van der Waals surface area contributed by atoms with Gasteiger partial charge in [-0.1, -0.05) is 18.6 Å². The Bertz CT molecular complexity index is 502. The van der Waals surface area contributed by atoms with Crippen LogP contribution in [-0.2, 0) is 16.0 Å². The highest BCUT2D eigenvalue weighted by Gasteiger charge is 2.22. The normalized spacial score (nSPS) is 18.5. The van der Waals surface area contributed by atoms with Crippen LogP contribution in [0.5, 0.6) is 5.75 Å². The van der Waals surface area contributed by atoms with Crippen molar-refractivity contribution in [2.45, 2.75) is 38.1 Å². The van der Waals surface area contributed by atoms with Gasteiger partial charge in [0.2, 0.25) is 11.8 Å². The zero-order valence-corrected chi connectivity index (χ0v) is 12.4. The summed E-state index contributed by atoms with van der Waals surface area (Å²) in [5.41, 5.74) is 1.11. The number of benzene rings is 1. The molecule has 21 heavy (non-hydrogen) atoms. The summed E-state index contributed by atoms with van der Waals surface area (Å²) in [5, 5.41) is 5.67. The van der Waals surface area contributed by atoms with Crippen molar-refractivity contribution in [3.8, 4) is 5.75 Å². The molecule has 1 aromatic carbocycles. The Morgan fingerprint density at radius 3 is 3.10 bits per heavy atom. The third-order valence-corrected chi connectivity index (χ3v) is 3.65. The molecule has 1 aliphatic rings. The van der Waals surface area contributed by atoms with Crippen molar-refractivity contribution in [1.82, 2.24) is 10.6 Å². The predicted octanol–water partition coefficient (Wildman–Crippen LogP) is 1.41. The molecule has 1 saturated heterocycles. The molecule has 2 amide bonds. The molecule has 1 aliphatic heterocycles. The maximum absolute atomic E-state index is 12.1. The van der Waals surface area contributed by atoms with Crippen molar-refractivity contribution in [2.75, 3.05) is 13.7 Å². The molecule has 0 radical (unpaired) electrons. The van der Waals surface area contributed by atoms with E-state index in [2.05, 4.69) is 10.6 Å². The molecule has 114 valence electrons. The highest BCUT2D eigenvalue weighted by atomic mass is 16.5. The molecule has 0 aliphatic carbocycles. The molecule has 0 spiro atoms. The van der Waals surface area contributed by atoms with Gasteiger partial charge in [-0.05, 0) is 37.0 Å². The van der Waals surface area contributed by atoms with Crippen LogP contribution in [0, 0.1) is 0 Å². The van der Waals surface area contributed by atoms with Crippen LogP contribution < -0.4 is 15.4 Å². The summed E-state index contributed by atoms with van der Waals surface area (Å²) in [6, 6.07) is 7.40. The Morgan fingerprint density at radius 2 is 2.29 bits per heavy atom. The third kappa shape index (κ3) is 4.77. The van der Waals surface area contributed by atoms with Crippen LogP contribution >= 0.6 is 0 Å². The zero-order chi connectivity index (χ0) is 15.1.